The zero-order valence-electron chi connectivity index (χ0n) is 28.8. The molecule has 0 aliphatic heterocycles. The van der Waals surface area contributed by atoms with E-state index in [-0.39, 0.29) is 5.41 Å². The van der Waals surface area contributed by atoms with E-state index in [0.717, 1.165) is 33.6 Å². The zero-order chi connectivity index (χ0) is 34.4. The molecule has 9 rings (SSSR count). The smallest absolute Gasteiger partial charge is 0.0715 e. The van der Waals surface area contributed by atoms with Gasteiger partial charge in [-0.05, 0) is 91.0 Å². The van der Waals surface area contributed by atoms with Crippen LogP contribution in [0.25, 0.3) is 78.1 Å². The van der Waals surface area contributed by atoms with Crippen LogP contribution in [0, 0.1) is 0 Å². The fourth-order valence-electron chi connectivity index (χ4n) is 7.78. The molecule has 0 amide bonds. The number of pyridine rings is 1. The van der Waals surface area contributed by atoms with E-state index in [0.29, 0.717) is 0 Å². The fourth-order valence-corrected chi connectivity index (χ4v) is 7.78. The molecule has 0 saturated heterocycles. The Balaban J connectivity index is 1.15. The van der Waals surface area contributed by atoms with Gasteiger partial charge in [0.2, 0.25) is 0 Å². The van der Waals surface area contributed by atoms with Crippen molar-refractivity contribution in [1.82, 2.24) is 4.98 Å². The molecule has 0 radical (unpaired) electrons. The topological polar surface area (TPSA) is 12.9 Å². The predicted octanol–water partition coefficient (Wildman–Crippen LogP) is 13.4. The molecule has 0 bridgehead atoms. The highest BCUT2D eigenvalue weighted by atomic mass is 14.7. The molecular weight excluding hydrogens is 615 g/mol. The Morgan fingerprint density at radius 3 is 1.39 bits per heavy atom. The van der Waals surface area contributed by atoms with Gasteiger partial charge in [-0.25, -0.2) is 4.98 Å². The maximum Gasteiger partial charge on any atom is 0.0715 e. The summed E-state index contributed by atoms with van der Waals surface area (Å²) in [4.78, 5) is 5.13. The first-order chi connectivity index (χ1) is 25.0. The van der Waals surface area contributed by atoms with Crippen molar-refractivity contribution in [1.29, 1.82) is 0 Å². The van der Waals surface area contributed by atoms with E-state index in [1.54, 1.807) is 0 Å². The minimum absolute atomic E-state index is 0.00566. The third kappa shape index (κ3) is 5.58. The van der Waals surface area contributed by atoms with Crippen LogP contribution in [-0.4, -0.2) is 4.98 Å². The van der Waals surface area contributed by atoms with Crippen LogP contribution in [0.1, 0.15) is 25.0 Å². The third-order valence-corrected chi connectivity index (χ3v) is 10.5. The van der Waals surface area contributed by atoms with E-state index in [1.165, 1.54) is 55.6 Å². The van der Waals surface area contributed by atoms with Gasteiger partial charge < -0.3 is 0 Å². The number of rotatable bonds is 6. The molecule has 1 aromatic heterocycles. The van der Waals surface area contributed by atoms with E-state index >= 15 is 0 Å². The Bertz CT molecular complexity index is 2450. The number of fused-ring (bicyclic) bond motifs is 3. The predicted molar refractivity (Wildman–Crippen MR) is 214 cm³/mol. The minimum atomic E-state index is 0.00566. The van der Waals surface area contributed by atoms with Crippen LogP contribution >= 0.6 is 0 Å². The molecule has 0 fully saturated rings. The minimum Gasteiger partial charge on any atom is -0.248 e. The van der Waals surface area contributed by atoms with Crippen LogP contribution in [-0.2, 0) is 5.41 Å². The summed E-state index contributed by atoms with van der Waals surface area (Å²) in [6.07, 6.45) is 0. The van der Waals surface area contributed by atoms with Crippen molar-refractivity contribution in [2.24, 2.45) is 0 Å². The third-order valence-electron chi connectivity index (χ3n) is 10.5. The lowest BCUT2D eigenvalue weighted by Crippen LogP contribution is -2.14. The molecule has 0 saturated carbocycles. The highest BCUT2D eigenvalue weighted by Crippen LogP contribution is 2.49. The highest BCUT2D eigenvalue weighted by Gasteiger charge is 2.35. The van der Waals surface area contributed by atoms with Crippen molar-refractivity contribution < 1.29 is 0 Å². The summed E-state index contributed by atoms with van der Waals surface area (Å²) in [6.45, 7) is 4.67. The second-order valence-corrected chi connectivity index (χ2v) is 14.0. The van der Waals surface area contributed by atoms with Crippen molar-refractivity contribution in [3.63, 3.8) is 0 Å². The summed E-state index contributed by atoms with van der Waals surface area (Å²) in [7, 11) is 0. The van der Waals surface area contributed by atoms with Gasteiger partial charge in [-0.3, -0.25) is 0 Å². The van der Waals surface area contributed by atoms with E-state index in [1.807, 2.05) is 0 Å². The quantitative estimate of drug-likeness (QED) is 0.174. The number of benzene rings is 7. The summed E-state index contributed by atoms with van der Waals surface area (Å²) < 4.78 is 0. The molecule has 0 atom stereocenters. The van der Waals surface area contributed by atoms with Gasteiger partial charge in [0.25, 0.3) is 0 Å². The van der Waals surface area contributed by atoms with Crippen molar-refractivity contribution in [3.05, 3.63) is 199 Å². The van der Waals surface area contributed by atoms with Crippen molar-refractivity contribution >= 4 is 0 Å². The van der Waals surface area contributed by atoms with Crippen LogP contribution in [0.3, 0.4) is 0 Å². The summed E-state index contributed by atoms with van der Waals surface area (Å²) in [5.41, 5.74) is 19.2. The Morgan fingerprint density at radius 1 is 0.294 bits per heavy atom. The monoisotopic (exact) mass is 651 g/mol. The molecule has 1 nitrogen and oxygen atoms in total. The Hall–Kier alpha value is -6.31. The van der Waals surface area contributed by atoms with E-state index in [2.05, 4.69) is 202 Å². The first-order valence-electron chi connectivity index (χ1n) is 17.7. The second-order valence-electron chi connectivity index (χ2n) is 14.0. The average molecular weight is 652 g/mol. The van der Waals surface area contributed by atoms with Crippen LogP contribution in [0.4, 0.5) is 0 Å². The molecule has 1 heterocycles. The largest absolute Gasteiger partial charge is 0.248 e. The van der Waals surface area contributed by atoms with E-state index in [9.17, 15) is 0 Å². The lowest BCUT2D eigenvalue weighted by atomic mass is 9.82. The van der Waals surface area contributed by atoms with Gasteiger partial charge in [0.15, 0.2) is 0 Å². The summed E-state index contributed by atoms with van der Waals surface area (Å²) in [5, 5.41) is 0. The summed E-state index contributed by atoms with van der Waals surface area (Å²) >= 11 is 0. The number of aromatic nitrogens is 1. The molecule has 8 aromatic rings. The molecule has 0 unspecified atom stereocenters. The van der Waals surface area contributed by atoms with Gasteiger partial charge in [0, 0.05) is 16.5 Å². The Kier molecular flexibility index (Phi) is 7.55. The standard InChI is InChI=1S/C50H37N/c1-50(2)46-21-13-12-20-43(46)45-31-39(27-29-47(45)50)34-22-24-36(25-23-34)44-30-40(26-28-42(44)35-14-6-3-7-15-35)41-32-48(37-16-8-4-9-17-37)51-49(33-41)38-18-10-5-11-19-38/h3-33H,1-2H3. The molecule has 1 heteroatoms. The molecule has 1 aliphatic rings. The van der Waals surface area contributed by atoms with Gasteiger partial charge >= 0.3 is 0 Å². The number of hydrogen-bond donors (Lipinski definition) is 0. The van der Waals surface area contributed by atoms with Crippen molar-refractivity contribution in [2.75, 3.05) is 0 Å². The van der Waals surface area contributed by atoms with Gasteiger partial charge in [-0.1, -0.05) is 178 Å². The Labute approximate surface area is 300 Å². The molecule has 242 valence electrons. The van der Waals surface area contributed by atoms with Gasteiger partial charge in [-0.2, -0.15) is 0 Å². The maximum atomic E-state index is 5.13. The Morgan fingerprint density at radius 2 is 0.745 bits per heavy atom. The molecule has 1 aliphatic carbocycles. The van der Waals surface area contributed by atoms with Gasteiger partial charge in [0.1, 0.15) is 0 Å². The van der Waals surface area contributed by atoms with Crippen LogP contribution in [0.2, 0.25) is 0 Å². The average Bonchev–Trinajstić information content (AvgIpc) is 3.44. The highest BCUT2D eigenvalue weighted by molar-refractivity contribution is 5.90. The molecule has 0 N–H and O–H groups in total. The van der Waals surface area contributed by atoms with Crippen LogP contribution in [0.15, 0.2) is 188 Å². The van der Waals surface area contributed by atoms with Gasteiger partial charge in [-0.15, -0.1) is 0 Å². The first-order valence-corrected chi connectivity index (χ1v) is 17.7. The van der Waals surface area contributed by atoms with E-state index in [4.69, 9.17) is 4.98 Å². The van der Waals surface area contributed by atoms with Crippen LogP contribution in [0.5, 0.6) is 0 Å². The molecule has 0 spiro atoms. The second kappa shape index (κ2) is 12.5. The molecule has 51 heavy (non-hydrogen) atoms. The molecule has 7 aromatic carbocycles. The summed E-state index contributed by atoms with van der Waals surface area (Å²) in [5.74, 6) is 0. The number of hydrogen-bond acceptors (Lipinski definition) is 1. The molecular formula is C50H37N. The fraction of sp³-hybridized carbons (Fsp3) is 0.0600. The van der Waals surface area contributed by atoms with E-state index < -0.39 is 0 Å². The summed E-state index contributed by atoms with van der Waals surface area (Å²) in [6, 6.07) is 67.9. The van der Waals surface area contributed by atoms with Crippen molar-refractivity contribution in [3.8, 4) is 78.1 Å². The SMILES string of the molecule is CC1(C)c2ccccc2-c2cc(-c3ccc(-c4cc(-c5cc(-c6ccccc6)nc(-c6ccccc6)c5)ccc4-c4ccccc4)cc3)ccc21. The number of nitrogens with zero attached hydrogens (tertiary/aromatic N) is 1. The van der Waals surface area contributed by atoms with Gasteiger partial charge in [0.05, 0.1) is 11.4 Å². The normalized spacial score (nSPS) is 12.7. The van der Waals surface area contributed by atoms with Crippen LogP contribution < -0.4 is 0 Å². The maximum absolute atomic E-state index is 5.13. The lowest BCUT2D eigenvalue weighted by Gasteiger charge is -2.21. The van der Waals surface area contributed by atoms with Crippen molar-refractivity contribution in [2.45, 2.75) is 19.3 Å². The lowest BCUT2D eigenvalue weighted by molar-refractivity contribution is 0.660. The first kappa shape index (κ1) is 30.7. The zero-order valence-corrected chi connectivity index (χ0v) is 28.8.